The third-order valence-electron chi connectivity index (χ3n) is 2.74. The summed E-state index contributed by atoms with van der Waals surface area (Å²) in [5.74, 6) is -1.22. The summed E-state index contributed by atoms with van der Waals surface area (Å²) in [5, 5.41) is 12.1. The molecule has 0 saturated heterocycles. The van der Waals surface area contributed by atoms with Crippen LogP contribution in [0.4, 0.5) is 4.39 Å². The van der Waals surface area contributed by atoms with Gasteiger partial charge in [-0.2, -0.15) is 0 Å². The molecule has 1 aromatic rings. The maximum absolute atomic E-state index is 13.1. The Morgan fingerprint density at radius 2 is 2.25 bits per heavy atom. The van der Waals surface area contributed by atoms with E-state index in [1.807, 2.05) is 0 Å². The number of hydrogen-bond donors (Lipinski definition) is 2. The molecule has 0 spiro atoms. The number of hydrogen-bond acceptors (Lipinski definition) is 2. The highest BCUT2D eigenvalue weighted by Gasteiger charge is 2.29. The van der Waals surface area contributed by atoms with Gasteiger partial charge in [0.2, 0.25) is 0 Å². The molecule has 1 aliphatic rings. The topological polar surface area (TPSA) is 49.3 Å². The number of carbonyl (C=O) groups is 1. The molecule has 1 fully saturated rings. The van der Waals surface area contributed by atoms with Crippen LogP contribution in [0.1, 0.15) is 30.0 Å². The van der Waals surface area contributed by atoms with Crippen LogP contribution in [0.15, 0.2) is 18.2 Å². The number of halogens is 1. The fourth-order valence-electron chi connectivity index (χ4n) is 1.64. The highest BCUT2D eigenvalue weighted by molar-refractivity contribution is 5.75. The molecule has 0 amide bonds. The average Bonchev–Trinajstić information content (AvgIpc) is 3.02. The Morgan fingerprint density at radius 1 is 1.56 bits per heavy atom. The molecule has 3 nitrogen and oxygen atoms in total. The summed E-state index contributed by atoms with van der Waals surface area (Å²) < 4.78 is 13.1. The van der Waals surface area contributed by atoms with Crippen molar-refractivity contribution in [2.45, 2.75) is 31.8 Å². The van der Waals surface area contributed by atoms with E-state index in [1.54, 1.807) is 13.0 Å². The van der Waals surface area contributed by atoms with Gasteiger partial charge in [0.15, 0.2) is 0 Å². The quantitative estimate of drug-likeness (QED) is 0.821. The lowest BCUT2D eigenvalue weighted by atomic mass is 10.0. The van der Waals surface area contributed by atoms with E-state index in [0.29, 0.717) is 17.2 Å². The first-order valence-electron chi connectivity index (χ1n) is 5.33. The van der Waals surface area contributed by atoms with Crippen LogP contribution in [0.5, 0.6) is 0 Å². The van der Waals surface area contributed by atoms with Gasteiger partial charge in [-0.15, -0.1) is 0 Å². The van der Waals surface area contributed by atoms with Gasteiger partial charge >= 0.3 is 5.97 Å². The zero-order valence-corrected chi connectivity index (χ0v) is 9.03. The third kappa shape index (κ3) is 2.39. The summed E-state index contributed by atoms with van der Waals surface area (Å²) in [6.07, 6.45) is 2.04. The number of benzene rings is 1. The molecule has 1 aliphatic carbocycles. The summed E-state index contributed by atoms with van der Waals surface area (Å²) >= 11 is 0. The monoisotopic (exact) mass is 223 g/mol. The number of carboxylic acid groups (broad SMARTS) is 1. The Kier molecular flexibility index (Phi) is 2.92. The second-order valence-electron chi connectivity index (χ2n) is 4.22. The number of aryl methyl sites for hydroxylation is 1. The van der Waals surface area contributed by atoms with Crippen molar-refractivity contribution in [1.82, 2.24) is 5.32 Å². The first kappa shape index (κ1) is 11.1. The van der Waals surface area contributed by atoms with Crippen molar-refractivity contribution in [2.75, 3.05) is 0 Å². The molecule has 1 atom stereocenters. The van der Waals surface area contributed by atoms with Gasteiger partial charge in [-0.1, -0.05) is 12.1 Å². The Labute approximate surface area is 93.3 Å². The second-order valence-corrected chi connectivity index (χ2v) is 4.22. The Balaban J connectivity index is 2.22. The largest absolute Gasteiger partial charge is 0.480 e. The maximum Gasteiger partial charge on any atom is 0.325 e. The van der Waals surface area contributed by atoms with Crippen molar-refractivity contribution < 1.29 is 14.3 Å². The first-order chi connectivity index (χ1) is 7.58. The highest BCUT2D eigenvalue weighted by Crippen LogP contribution is 2.25. The average molecular weight is 223 g/mol. The first-order valence-corrected chi connectivity index (χ1v) is 5.33. The fraction of sp³-hybridized carbons (Fsp3) is 0.417. The summed E-state index contributed by atoms with van der Waals surface area (Å²) in [6, 6.07) is 3.99. The minimum Gasteiger partial charge on any atom is -0.480 e. The summed E-state index contributed by atoms with van der Waals surface area (Å²) in [7, 11) is 0. The van der Waals surface area contributed by atoms with Crippen LogP contribution in [0.2, 0.25) is 0 Å². The predicted molar refractivity (Wildman–Crippen MR) is 57.7 cm³/mol. The Morgan fingerprint density at radius 3 is 2.75 bits per heavy atom. The normalized spacial score (nSPS) is 17.1. The van der Waals surface area contributed by atoms with Gasteiger partial charge in [0.05, 0.1) is 0 Å². The van der Waals surface area contributed by atoms with E-state index in [2.05, 4.69) is 5.32 Å². The van der Waals surface area contributed by atoms with Crippen LogP contribution in [-0.4, -0.2) is 17.1 Å². The summed E-state index contributed by atoms with van der Waals surface area (Å²) in [4.78, 5) is 11.1. The molecule has 4 heteroatoms. The number of rotatable bonds is 4. The molecule has 2 rings (SSSR count). The minimum atomic E-state index is -0.919. The van der Waals surface area contributed by atoms with Crippen molar-refractivity contribution in [1.29, 1.82) is 0 Å². The molecule has 0 aliphatic heterocycles. The van der Waals surface area contributed by atoms with Crippen LogP contribution < -0.4 is 5.32 Å². The lowest BCUT2D eigenvalue weighted by molar-refractivity contribution is -0.139. The van der Waals surface area contributed by atoms with Gasteiger partial charge in [-0.05, 0) is 37.0 Å². The molecular weight excluding hydrogens is 209 g/mol. The SMILES string of the molecule is Cc1cc(C(NC2CC2)C(=O)O)ccc1F. The van der Waals surface area contributed by atoms with Crippen LogP contribution in [-0.2, 0) is 4.79 Å². The predicted octanol–water partition coefficient (Wildman–Crippen LogP) is 2.01. The molecule has 16 heavy (non-hydrogen) atoms. The lowest BCUT2D eigenvalue weighted by Gasteiger charge is -2.15. The Hall–Kier alpha value is -1.42. The van der Waals surface area contributed by atoms with Crippen molar-refractivity contribution in [2.24, 2.45) is 0 Å². The van der Waals surface area contributed by atoms with Crippen LogP contribution >= 0.6 is 0 Å². The van der Waals surface area contributed by atoms with Gasteiger partial charge in [0.25, 0.3) is 0 Å². The van der Waals surface area contributed by atoms with Gasteiger partial charge < -0.3 is 5.11 Å². The Bertz CT molecular complexity index is 415. The molecule has 1 aromatic carbocycles. The van der Waals surface area contributed by atoms with Crippen LogP contribution in [0.25, 0.3) is 0 Å². The van der Waals surface area contributed by atoms with E-state index >= 15 is 0 Å². The van der Waals surface area contributed by atoms with Gasteiger partial charge in [-0.3, -0.25) is 10.1 Å². The summed E-state index contributed by atoms with van der Waals surface area (Å²) in [5.41, 5.74) is 1.08. The standard InChI is InChI=1S/C12H14FNO2/c1-7-6-8(2-5-10(7)13)11(12(15)16)14-9-3-4-9/h2,5-6,9,11,14H,3-4H2,1H3,(H,15,16). The summed E-state index contributed by atoms with van der Waals surface area (Å²) in [6.45, 7) is 1.63. The van der Waals surface area contributed by atoms with Crippen molar-refractivity contribution in [3.8, 4) is 0 Å². The zero-order valence-electron chi connectivity index (χ0n) is 9.03. The fourth-order valence-corrected chi connectivity index (χ4v) is 1.64. The molecule has 0 bridgehead atoms. The molecule has 0 heterocycles. The highest BCUT2D eigenvalue weighted by atomic mass is 19.1. The maximum atomic E-state index is 13.1. The number of carboxylic acids is 1. The molecule has 1 unspecified atom stereocenters. The zero-order chi connectivity index (χ0) is 11.7. The molecule has 1 saturated carbocycles. The minimum absolute atomic E-state index is 0.298. The van der Waals surface area contributed by atoms with Crippen molar-refractivity contribution in [3.05, 3.63) is 35.1 Å². The van der Waals surface area contributed by atoms with Crippen molar-refractivity contribution >= 4 is 5.97 Å². The number of aliphatic carboxylic acids is 1. The molecule has 0 radical (unpaired) electrons. The van der Waals surface area contributed by atoms with E-state index in [9.17, 15) is 9.18 Å². The van der Waals surface area contributed by atoms with E-state index in [-0.39, 0.29) is 5.82 Å². The third-order valence-corrected chi connectivity index (χ3v) is 2.74. The molecule has 0 aromatic heterocycles. The van der Waals surface area contributed by atoms with E-state index in [0.717, 1.165) is 12.8 Å². The van der Waals surface area contributed by atoms with Gasteiger partial charge in [-0.25, -0.2) is 4.39 Å². The van der Waals surface area contributed by atoms with Crippen molar-refractivity contribution in [3.63, 3.8) is 0 Å². The molecule has 2 N–H and O–H groups in total. The second kappa shape index (κ2) is 4.22. The lowest BCUT2D eigenvalue weighted by Crippen LogP contribution is -2.30. The van der Waals surface area contributed by atoms with Gasteiger partial charge in [0, 0.05) is 6.04 Å². The number of nitrogens with one attached hydrogen (secondary N) is 1. The smallest absolute Gasteiger partial charge is 0.325 e. The van der Waals surface area contributed by atoms with E-state index in [4.69, 9.17) is 5.11 Å². The van der Waals surface area contributed by atoms with E-state index < -0.39 is 12.0 Å². The van der Waals surface area contributed by atoms with E-state index in [1.165, 1.54) is 12.1 Å². The molecule has 86 valence electrons. The van der Waals surface area contributed by atoms with Gasteiger partial charge in [0.1, 0.15) is 11.9 Å². The van der Waals surface area contributed by atoms with Crippen LogP contribution in [0.3, 0.4) is 0 Å². The molecular formula is C12H14FNO2. The van der Waals surface area contributed by atoms with Crippen LogP contribution in [0, 0.1) is 12.7 Å².